The maximum absolute atomic E-state index is 12.8. The number of likely N-dealkylation sites (tertiary alicyclic amines) is 1. The molecule has 1 saturated heterocycles. The van der Waals surface area contributed by atoms with Crippen LogP contribution in [0.3, 0.4) is 0 Å². The summed E-state index contributed by atoms with van der Waals surface area (Å²) in [6.45, 7) is 2.19. The largest absolute Gasteiger partial charge is 0.454 e. The standard InChI is InChI=1S/C18H23N3O3/c1-23-16-4-2-3-13-9-21(11-15(13)16)18(22)17-6-5-14(24-17)10-20-8-7-19-12-20/h5-8,12-13,15-16H,2-4,9-11H2,1H3/t13-,15+,16-/m1/s1. The molecule has 2 aromatic rings. The second-order valence-corrected chi connectivity index (χ2v) is 6.84. The van der Waals surface area contributed by atoms with Gasteiger partial charge in [-0.3, -0.25) is 4.79 Å². The van der Waals surface area contributed by atoms with Gasteiger partial charge in [-0.1, -0.05) is 6.42 Å². The summed E-state index contributed by atoms with van der Waals surface area (Å²) in [6.07, 6.45) is 9.12. The lowest BCUT2D eigenvalue weighted by molar-refractivity contribution is 0.0126. The zero-order valence-electron chi connectivity index (χ0n) is 13.9. The number of furan rings is 1. The van der Waals surface area contributed by atoms with Crippen LogP contribution in [0, 0.1) is 11.8 Å². The van der Waals surface area contributed by atoms with E-state index in [4.69, 9.17) is 9.15 Å². The van der Waals surface area contributed by atoms with E-state index >= 15 is 0 Å². The summed E-state index contributed by atoms with van der Waals surface area (Å²) in [7, 11) is 1.78. The number of carbonyl (C=O) groups is 1. The molecule has 3 heterocycles. The number of fused-ring (bicyclic) bond motifs is 1. The molecule has 1 aliphatic heterocycles. The Morgan fingerprint density at radius 1 is 1.38 bits per heavy atom. The summed E-state index contributed by atoms with van der Waals surface area (Å²) in [5.41, 5.74) is 0. The number of amides is 1. The predicted molar refractivity (Wildman–Crippen MR) is 87.6 cm³/mol. The van der Waals surface area contributed by atoms with E-state index in [9.17, 15) is 4.79 Å². The van der Waals surface area contributed by atoms with E-state index in [0.717, 1.165) is 25.3 Å². The van der Waals surface area contributed by atoms with Crippen LogP contribution < -0.4 is 0 Å². The third-order valence-electron chi connectivity index (χ3n) is 5.39. The van der Waals surface area contributed by atoms with Crippen molar-refractivity contribution in [3.05, 3.63) is 42.4 Å². The lowest BCUT2D eigenvalue weighted by Crippen LogP contribution is -2.33. The fraction of sp³-hybridized carbons (Fsp3) is 0.556. The van der Waals surface area contributed by atoms with Gasteiger partial charge in [0.05, 0.1) is 19.0 Å². The second kappa shape index (κ2) is 6.43. The average molecular weight is 329 g/mol. The minimum absolute atomic E-state index is 0.00358. The molecular weight excluding hydrogens is 306 g/mol. The first kappa shape index (κ1) is 15.4. The number of methoxy groups -OCH3 is 1. The van der Waals surface area contributed by atoms with Crippen LogP contribution in [0.15, 0.2) is 35.3 Å². The highest BCUT2D eigenvalue weighted by atomic mass is 16.5. The van der Waals surface area contributed by atoms with Crippen molar-refractivity contribution >= 4 is 5.91 Å². The Labute approximate surface area is 141 Å². The lowest BCUT2D eigenvalue weighted by atomic mass is 9.79. The quantitative estimate of drug-likeness (QED) is 0.864. The number of rotatable bonds is 4. The first-order valence-electron chi connectivity index (χ1n) is 8.61. The van der Waals surface area contributed by atoms with Crippen molar-refractivity contribution in [3.63, 3.8) is 0 Å². The number of hydrogen-bond donors (Lipinski definition) is 0. The maximum Gasteiger partial charge on any atom is 0.289 e. The SMILES string of the molecule is CO[C@@H]1CCC[C@@H]2CN(C(=O)c3ccc(Cn4ccnc4)o3)C[C@@H]21. The fourth-order valence-electron chi connectivity index (χ4n) is 4.17. The molecule has 0 unspecified atom stereocenters. The van der Waals surface area contributed by atoms with Gasteiger partial charge in [-0.15, -0.1) is 0 Å². The molecule has 0 radical (unpaired) electrons. The van der Waals surface area contributed by atoms with Crippen LogP contribution in [0.2, 0.25) is 0 Å². The average Bonchev–Trinajstić information content (AvgIpc) is 3.34. The molecule has 6 heteroatoms. The summed E-state index contributed by atoms with van der Waals surface area (Å²) in [5.74, 6) is 2.22. The molecule has 3 atom stereocenters. The van der Waals surface area contributed by atoms with Crippen LogP contribution in [-0.4, -0.2) is 46.7 Å². The smallest absolute Gasteiger partial charge is 0.289 e. The van der Waals surface area contributed by atoms with Crippen LogP contribution in [0.5, 0.6) is 0 Å². The Kier molecular flexibility index (Phi) is 4.14. The summed E-state index contributed by atoms with van der Waals surface area (Å²) in [6, 6.07) is 3.65. The topological polar surface area (TPSA) is 60.5 Å². The van der Waals surface area contributed by atoms with Crippen LogP contribution in [0.1, 0.15) is 35.6 Å². The molecule has 0 bridgehead atoms. The van der Waals surface area contributed by atoms with Crippen molar-refractivity contribution in [2.24, 2.45) is 11.8 Å². The zero-order chi connectivity index (χ0) is 16.5. The predicted octanol–water partition coefficient (Wildman–Crippen LogP) is 2.41. The van der Waals surface area contributed by atoms with Gasteiger partial charge in [0.2, 0.25) is 0 Å². The first-order chi connectivity index (χ1) is 11.7. The molecule has 128 valence electrons. The lowest BCUT2D eigenvalue weighted by Gasteiger charge is -2.31. The molecule has 24 heavy (non-hydrogen) atoms. The van der Waals surface area contributed by atoms with Crippen molar-refractivity contribution in [2.75, 3.05) is 20.2 Å². The van der Waals surface area contributed by atoms with Crippen LogP contribution in [0.25, 0.3) is 0 Å². The van der Waals surface area contributed by atoms with Gasteiger partial charge in [0.15, 0.2) is 5.76 Å². The van der Waals surface area contributed by atoms with Crippen molar-refractivity contribution in [1.82, 2.24) is 14.5 Å². The van der Waals surface area contributed by atoms with Crippen molar-refractivity contribution in [3.8, 4) is 0 Å². The normalized spacial score (nSPS) is 26.5. The molecule has 2 aliphatic rings. The second-order valence-electron chi connectivity index (χ2n) is 6.84. The highest BCUT2D eigenvalue weighted by Gasteiger charge is 2.42. The van der Waals surface area contributed by atoms with Gasteiger partial charge in [-0.2, -0.15) is 0 Å². The van der Waals surface area contributed by atoms with Gasteiger partial charge in [0.1, 0.15) is 5.76 Å². The molecule has 0 spiro atoms. The molecule has 0 N–H and O–H groups in total. The minimum Gasteiger partial charge on any atom is -0.454 e. The monoisotopic (exact) mass is 329 g/mol. The van der Waals surface area contributed by atoms with Gasteiger partial charge in [0, 0.05) is 38.5 Å². The molecule has 1 saturated carbocycles. The van der Waals surface area contributed by atoms with Crippen LogP contribution >= 0.6 is 0 Å². The van der Waals surface area contributed by atoms with E-state index in [1.165, 1.54) is 12.8 Å². The van der Waals surface area contributed by atoms with E-state index in [0.29, 0.717) is 24.1 Å². The summed E-state index contributed by atoms with van der Waals surface area (Å²) in [4.78, 5) is 18.7. The summed E-state index contributed by atoms with van der Waals surface area (Å²) in [5, 5.41) is 0. The fourth-order valence-corrected chi connectivity index (χ4v) is 4.17. The third-order valence-corrected chi connectivity index (χ3v) is 5.39. The Morgan fingerprint density at radius 2 is 2.29 bits per heavy atom. The van der Waals surface area contributed by atoms with Crippen molar-refractivity contribution < 1.29 is 13.9 Å². The van der Waals surface area contributed by atoms with Gasteiger partial charge < -0.3 is 18.6 Å². The Hall–Kier alpha value is -2.08. The molecule has 0 aromatic carbocycles. The van der Waals surface area contributed by atoms with E-state index in [1.54, 1.807) is 25.7 Å². The number of carbonyl (C=O) groups excluding carboxylic acids is 1. The van der Waals surface area contributed by atoms with Gasteiger partial charge >= 0.3 is 0 Å². The van der Waals surface area contributed by atoms with Crippen molar-refractivity contribution in [2.45, 2.75) is 31.9 Å². The summed E-state index contributed by atoms with van der Waals surface area (Å²) >= 11 is 0. The van der Waals surface area contributed by atoms with Gasteiger partial charge in [0.25, 0.3) is 5.91 Å². The number of nitrogens with zero attached hydrogens (tertiary/aromatic N) is 3. The van der Waals surface area contributed by atoms with Gasteiger partial charge in [-0.25, -0.2) is 4.98 Å². The molecule has 4 rings (SSSR count). The van der Waals surface area contributed by atoms with Crippen LogP contribution in [0.4, 0.5) is 0 Å². The van der Waals surface area contributed by atoms with E-state index in [-0.39, 0.29) is 12.0 Å². The third kappa shape index (κ3) is 2.86. The number of aromatic nitrogens is 2. The molecule has 1 amide bonds. The number of hydrogen-bond acceptors (Lipinski definition) is 4. The molecule has 2 fully saturated rings. The number of ether oxygens (including phenoxy) is 1. The van der Waals surface area contributed by atoms with E-state index in [2.05, 4.69) is 4.98 Å². The van der Waals surface area contributed by atoms with Crippen molar-refractivity contribution in [1.29, 1.82) is 0 Å². The molecule has 6 nitrogen and oxygen atoms in total. The minimum atomic E-state index is -0.00358. The molecular formula is C18H23N3O3. The highest BCUT2D eigenvalue weighted by Crippen LogP contribution is 2.38. The van der Waals surface area contributed by atoms with Gasteiger partial charge in [-0.05, 0) is 30.9 Å². The maximum atomic E-state index is 12.8. The highest BCUT2D eigenvalue weighted by molar-refractivity contribution is 5.91. The van der Waals surface area contributed by atoms with E-state index < -0.39 is 0 Å². The van der Waals surface area contributed by atoms with Crippen LogP contribution in [-0.2, 0) is 11.3 Å². The first-order valence-corrected chi connectivity index (χ1v) is 8.61. The Bertz CT molecular complexity index is 694. The molecule has 1 aliphatic carbocycles. The Balaban J connectivity index is 1.44. The molecule has 2 aromatic heterocycles. The number of imidazole rings is 1. The van der Waals surface area contributed by atoms with E-state index in [1.807, 2.05) is 21.7 Å². The zero-order valence-corrected chi connectivity index (χ0v) is 13.9. The summed E-state index contributed by atoms with van der Waals surface area (Å²) < 4.78 is 13.3. The Morgan fingerprint density at radius 3 is 3.08 bits per heavy atom.